The SMILES string of the molecule is CC(=O)Nc1ccc(NC(=O)C(=O)NN=C(C)c2ccc(OC(=O)c3cccc(C)c3)cc2)cc1. The van der Waals surface area contributed by atoms with Crippen LogP contribution < -0.4 is 20.8 Å². The molecule has 0 atom stereocenters. The van der Waals surface area contributed by atoms with E-state index in [1.54, 1.807) is 73.7 Å². The van der Waals surface area contributed by atoms with Gasteiger partial charge < -0.3 is 15.4 Å². The molecule has 3 N–H and O–H groups in total. The van der Waals surface area contributed by atoms with Gasteiger partial charge in [-0.3, -0.25) is 14.4 Å². The molecule has 0 aliphatic rings. The third kappa shape index (κ3) is 7.36. The molecule has 178 valence electrons. The van der Waals surface area contributed by atoms with Crippen LogP contribution in [-0.4, -0.2) is 29.4 Å². The number of nitrogens with zero attached hydrogens (tertiary/aromatic N) is 1. The van der Waals surface area contributed by atoms with E-state index in [9.17, 15) is 19.2 Å². The van der Waals surface area contributed by atoms with Crippen molar-refractivity contribution >= 4 is 40.8 Å². The number of hydrogen-bond donors (Lipinski definition) is 3. The van der Waals surface area contributed by atoms with Gasteiger partial charge in [0.2, 0.25) is 5.91 Å². The number of hydrogen-bond acceptors (Lipinski definition) is 6. The van der Waals surface area contributed by atoms with Crippen molar-refractivity contribution in [1.29, 1.82) is 0 Å². The molecule has 0 heterocycles. The number of amides is 3. The van der Waals surface area contributed by atoms with Gasteiger partial charge in [0.1, 0.15) is 5.75 Å². The minimum atomic E-state index is -0.945. The minimum Gasteiger partial charge on any atom is -0.423 e. The van der Waals surface area contributed by atoms with Gasteiger partial charge in [0.25, 0.3) is 0 Å². The predicted octanol–water partition coefficient (Wildman–Crippen LogP) is 3.65. The van der Waals surface area contributed by atoms with E-state index in [2.05, 4.69) is 21.2 Å². The maximum atomic E-state index is 12.3. The van der Waals surface area contributed by atoms with Crippen LogP contribution in [-0.2, 0) is 14.4 Å². The van der Waals surface area contributed by atoms with Gasteiger partial charge in [-0.1, -0.05) is 17.7 Å². The van der Waals surface area contributed by atoms with Crippen molar-refractivity contribution in [2.24, 2.45) is 5.10 Å². The summed E-state index contributed by atoms with van der Waals surface area (Å²) in [6, 6.07) is 20.0. The number of aryl methyl sites for hydroxylation is 1. The van der Waals surface area contributed by atoms with E-state index in [1.165, 1.54) is 6.92 Å². The molecule has 35 heavy (non-hydrogen) atoms. The first-order valence-electron chi connectivity index (χ1n) is 10.6. The van der Waals surface area contributed by atoms with Gasteiger partial charge >= 0.3 is 17.8 Å². The lowest BCUT2D eigenvalue weighted by molar-refractivity contribution is -0.136. The third-order valence-electron chi connectivity index (χ3n) is 4.73. The molecule has 0 aromatic heterocycles. The molecule has 3 amide bonds. The summed E-state index contributed by atoms with van der Waals surface area (Å²) in [6.07, 6.45) is 0. The number of nitrogens with one attached hydrogen (secondary N) is 3. The number of carbonyl (C=O) groups excluding carboxylic acids is 4. The molecule has 3 aromatic rings. The van der Waals surface area contributed by atoms with Gasteiger partial charge in [-0.05, 0) is 80.1 Å². The number of carbonyl (C=O) groups is 4. The largest absolute Gasteiger partial charge is 0.423 e. The fourth-order valence-corrected chi connectivity index (χ4v) is 2.98. The van der Waals surface area contributed by atoms with Gasteiger partial charge in [0, 0.05) is 18.3 Å². The maximum Gasteiger partial charge on any atom is 0.343 e. The highest BCUT2D eigenvalue weighted by Crippen LogP contribution is 2.16. The lowest BCUT2D eigenvalue weighted by Crippen LogP contribution is -2.32. The maximum absolute atomic E-state index is 12.3. The Morgan fingerprint density at radius 2 is 1.37 bits per heavy atom. The molecule has 0 saturated carbocycles. The zero-order chi connectivity index (χ0) is 25.4. The second kappa shape index (κ2) is 11.4. The van der Waals surface area contributed by atoms with E-state index in [1.807, 2.05) is 13.0 Å². The van der Waals surface area contributed by atoms with Gasteiger partial charge in [-0.25, -0.2) is 10.2 Å². The molecular weight excluding hydrogens is 448 g/mol. The van der Waals surface area contributed by atoms with Crippen LogP contribution in [0.15, 0.2) is 77.9 Å². The Bertz CT molecular complexity index is 1280. The average molecular weight is 473 g/mol. The van der Waals surface area contributed by atoms with Crippen molar-refractivity contribution in [3.63, 3.8) is 0 Å². The Hall–Kier alpha value is -4.79. The van der Waals surface area contributed by atoms with Crippen molar-refractivity contribution in [3.8, 4) is 5.75 Å². The van der Waals surface area contributed by atoms with E-state index in [4.69, 9.17) is 4.74 Å². The van der Waals surface area contributed by atoms with Crippen molar-refractivity contribution in [1.82, 2.24) is 5.43 Å². The van der Waals surface area contributed by atoms with Crippen LogP contribution >= 0.6 is 0 Å². The van der Waals surface area contributed by atoms with Crippen molar-refractivity contribution in [2.75, 3.05) is 10.6 Å². The van der Waals surface area contributed by atoms with Crippen LogP contribution in [0, 0.1) is 6.92 Å². The molecule has 0 bridgehead atoms. The Balaban J connectivity index is 1.54. The summed E-state index contributed by atoms with van der Waals surface area (Å²) in [7, 11) is 0. The summed E-state index contributed by atoms with van der Waals surface area (Å²) in [5.74, 6) is -2.16. The molecule has 0 fully saturated rings. The van der Waals surface area contributed by atoms with Crippen molar-refractivity contribution < 1.29 is 23.9 Å². The molecule has 0 saturated heterocycles. The van der Waals surface area contributed by atoms with Crippen LogP contribution in [0.25, 0.3) is 0 Å². The molecule has 0 spiro atoms. The monoisotopic (exact) mass is 472 g/mol. The van der Waals surface area contributed by atoms with Crippen LogP contribution in [0.2, 0.25) is 0 Å². The second-order valence-corrected chi connectivity index (χ2v) is 7.63. The van der Waals surface area contributed by atoms with E-state index in [0.29, 0.717) is 34.0 Å². The lowest BCUT2D eigenvalue weighted by atomic mass is 10.1. The van der Waals surface area contributed by atoms with Crippen LogP contribution in [0.5, 0.6) is 5.75 Å². The molecule has 0 aliphatic heterocycles. The number of hydrazone groups is 1. The highest BCUT2D eigenvalue weighted by atomic mass is 16.5. The predicted molar refractivity (Wildman–Crippen MR) is 132 cm³/mol. The van der Waals surface area contributed by atoms with E-state index in [0.717, 1.165) is 5.56 Å². The van der Waals surface area contributed by atoms with Gasteiger partial charge in [0.15, 0.2) is 0 Å². The zero-order valence-electron chi connectivity index (χ0n) is 19.4. The van der Waals surface area contributed by atoms with E-state index >= 15 is 0 Å². The zero-order valence-corrected chi connectivity index (χ0v) is 19.4. The standard InChI is InChI=1S/C26H24N4O5/c1-16-5-4-6-20(15-16)26(34)35-23-13-7-19(8-14-23)17(2)29-30-25(33)24(32)28-22-11-9-21(10-12-22)27-18(3)31/h4-15H,1-3H3,(H,27,31)(H,28,32)(H,30,33). The van der Waals surface area contributed by atoms with Gasteiger partial charge in [-0.2, -0.15) is 5.10 Å². The summed E-state index contributed by atoms with van der Waals surface area (Å²) < 4.78 is 5.38. The molecule has 0 unspecified atom stereocenters. The summed E-state index contributed by atoms with van der Waals surface area (Å²) >= 11 is 0. The van der Waals surface area contributed by atoms with Crippen molar-refractivity contribution in [2.45, 2.75) is 20.8 Å². The summed E-state index contributed by atoms with van der Waals surface area (Å²) in [6.45, 7) is 4.94. The summed E-state index contributed by atoms with van der Waals surface area (Å²) in [5, 5.41) is 9.00. The normalized spacial score (nSPS) is 10.8. The number of ether oxygens (including phenoxy) is 1. The smallest absolute Gasteiger partial charge is 0.343 e. The Morgan fingerprint density at radius 1 is 0.743 bits per heavy atom. The third-order valence-corrected chi connectivity index (χ3v) is 4.73. The molecule has 3 rings (SSSR count). The van der Waals surface area contributed by atoms with Crippen molar-refractivity contribution in [3.05, 3.63) is 89.5 Å². The molecule has 3 aromatic carbocycles. The minimum absolute atomic E-state index is 0.215. The number of anilines is 2. The lowest BCUT2D eigenvalue weighted by Gasteiger charge is -2.07. The fourth-order valence-electron chi connectivity index (χ4n) is 2.98. The first-order chi connectivity index (χ1) is 16.7. The highest BCUT2D eigenvalue weighted by molar-refractivity contribution is 6.39. The van der Waals surface area contributed by atoms with Gasteiger partial charge in [0.05, 0.1) is 11.3 Å². The topological polar surface area (TPSA) is 126 Å². The Morgan fingerprint density at radius 3 is 1.97 bits per heavy atom. The Kier molecular flexibility index (Phi) is 8.07. The molecular formula is C26H24N4O5. The summed E-state index contributed by atoms with van der Waals surface area (Å²) in [4.78, 5) is 47.5. The molecule has 9 heteroatoms. The first kappa shape index (κ1) is 24.8. The van der Waals surface area contributed by atoms with E-state index in [-0.39, 0.29) is 5.91 Å². The van der Waals surface area contributed by atoms with Crippen LogP contribution in [0.4, 0.5) is 11.4 Å². The van der Waals surface area contributed by atoms with Gasteiger partial charge in [-0.15, -0.1) is 0 Å². The highest BCUT2D eigenvalue weighted by Gasteiger charge is 2.14. The second-order valence-electron chi connectivity index (χ2n) is 7.63. The number of esters is 1. The van der Waals surface area contributed by atoms with E-state index < -0.39 is 17.8 Å². The Labute approximate surface area is 202 Å². The molecule has 9 nitrogen and oxygen atoms in total. The number of benzene rings is 3. The molecule has 0 radical (unpaired) electrons. The first-order valence-corrected chi connectivity index (χ1v) is 10.6. The van der Waals surface area contributed by atoms with Crippen LogP contribution in [0.1, 0.15) is 35.3 Å². The number of rotatable bonds is 6. The van der Waals surface area contributed by atoms with Crippen LogP contribution in [0.3, 0.4) is 0 Å². The average Bonchev–Trinajstić information content (AvgIpc) is 2.83. The molecule has 0 aliphatic carbocycles. The summed E-state index contributed by atoms with van der Waals surface area (Å²) in [5.41, 5.74) is 5.68. The quantitative estimate of drug-likeness (QED) is 0.166. The fraction of sp³-hybridized carbons (Fsp3) is 0.115.